The number of nitrogens with one attached hydrogen (secondary N) is 1. The minimum Gasteiger partial charge on any atom is -0.483 e. The van der Waals surface area contributed by atoms with Crippen molar-refractivity contribution in [2.24, 2.45) is 0 Å². The van der Waals surface area contributed by atoms with Gasteiger partial charge in [-0.15, -0.1) is 20.4 Å². The molecule has 1 unspecified atom stereocenters. The van der Waals surface area contributed by atoms with Crippen LogP contribution in [-0.4, -0.2) is 36.6 Å². The molecule has 1 aromatic carbocycles. The van der Waals surface area contributed by atoms with E-state index in [1.165, 1.54) is 54.5 Å². The van der Waals surface area contributed by atoms with Crippen LogP contribution in [0.15, 0.2) is 29.4 Å². The first-order chi connectivity index (χ1) is 16.4. The fourth-order valence-electron chi connectivity index (χ4n) is 4.00. The number of anilines is 1. The Kier molecular flexibility index (Phi) is 8.15. The number of rotatable bonds is 9. The van der Waals surface area contributed by atoms with Crippen molar-refractivity contribution >= 4 is 34.1 Å². The topological polar surface area (TPSA) is 94.8 Å². The Morgan fingerprint density at radius 3 is 2.59 bits per heavy atom. The van der Waals surface area contributed by atoms with Gasteiger partial charge >= 0.3 is 0 Å². The van der Waals surface area contributed by atoms with Gasteiger partial charge in [0.1, 0.15) is 16.6 Å². The molecule has 1 amide bonds. The lowest BCUT2D eigenvalue weighted by atomic mass is 9.90. The van der Waals surface area contributed by atoms with Crippen LogP contribution in [0.3, 0.4) is 0 Å². The second kappa shape index (κ2) is 11.3. The summed E-state index contributed by atoms with van der Waals surface area (Å²) in [5.74, 6) is 1.35. The maximum atomic E-state index is 13.2. The van der Waals surface area contributed by atoms with Crippen molar-refractivity contribution in [1.29, 1.82) is 0 Å². The summed E-state index contributed by atoms with van der Waals surface area (Å²) in [7, 11) is 0. The highest BCUT2D eigenvalue weighted by atomic mass is 32.2. The fourth-order valence-corrected chi connectivity index (χ4v) is 5.81. The Morgan fingerprint density at radius 1 is 1.15 bits per heavy atom. The molecule has 182 valence electrons. The molecule has 34 heavy (non-hydrogen) atoms. The van der Waals surface area contributed by atoms with Crippen LogP contribution in [0.25, 0.3) is 0 Å². The molecule has 0 spiro atoms. The summed E-state index contributed by atoms with van der Waals surface area (Å²) in [6, 6.07) is 5.93. The monoisotopic (exact) mass is 504 g/mol. The van der Waals surface area contributed by atoms with Gasteiger partial charge in [0.05, 0.1) is 5.75 Å². The van der Waals surface area contributed by atoms with Gasteiger partial charge in [0.25, 0.3) is 0 Å². The summed E-state index contributed by atoms with van der Waals surface area (Å²) in [6.45, 7) is 5.91. The van der Waals surface area contributed by atoms with E-state index in [-0.39, 0.29) is 23.5 Å². The molecule has 1 N–H and O–H groups in total. The van der Waals surface area contributed by atoms with Crippen LogP contribution in [-0.2, 0) is 4.79 Å². The summed E-state index contributed by atoms with van der Waals surface area (Å²) < 4.78 is 21.1. The largest absolute Gasteiger partial charge is 0.483 e. The standard InChI is InChI=1S/C23H29FN6O2S2/c1-14(2)30-20(15(3)32-18-11-9-17(24)10-12-18)26-29-23(30)33-13-19(31)25-22-28-27-21(34-22)16-7-5-4-6-8-16/h9-12,14-16H,4-8,13H2,1-3H3,(H,25,28,31). The summed E-state index contributed by atoms with van der Waals surface area (Å²) >= 11 is 2.78. The van der Waals surface area contributed by atoms with Crippen molar-refractivity contribution in [3.63, 3.8) is 0 Å². The number of hydrogen-bond acceptors (Lipinski definition) is 8. The highest BCUT2D eigenvalue weighted by molar-refractivity contribution is 7.99. The van der Waals surface area contributed by atoms with E-state index in [0.29, 0.717) is 27.8 Å². The van der Waals surface area contributed by atoms with Gasteiger partial charge in [-0.25, -0.2) is 4.39 Å². The van der Waals surface area contributed by atoms with E-state index >= 15 is 0 Å². The fraction of sp³-hybridized carbons (Fsp3) is 0.522. The maximum Gasteiger partial charge on any atom is 0.236 e. The summed E-state index contributed by atoms with van der Waals surface area (Å²) in [5, 5.41) is 22.1. The highest BCUT2D eigenvalue weighted by Crippen LogP contribution is 2.35. The van der Waals surface area contributed by atoms with Gasteiger partial charge in [-0.3, -0.25) is 10.1 Å². The van der Waals surface area contributed by atoms with Gasteiger partial charge in [-0.1, -0.05) is 42.4 Å². The van der Waals surface area contributed by atoms with Crippen LogP contribution in [0.2, 0.25) is 0 Å². The molecule has 2 aromatic heterocycles. The predicted molar refractivity (Wildman–Crippen MR) is 131 cm³/mol. The van der Waals surface area contributed by atoms with Gasteiger partial charge in [0.15, 0.2) is 17.1 Å². The molecule has 2 heterocycles. The first-order valence-corrected chi connectivity index (χ1v) is 13.3. The van der Waals surface area contributed by atoms with E-state index in [1.54, 1.807) is 12.1 Å². The highest BCUT2D eigenvalue weighted by Gasteiger charge is 2.23. The zero-order valence-electron chi connectivity index (χ0n) is 19.5. The van der Waals surface area contributed by atoms with Crippen LogP contribution in [0, 0.1) is 5.82 Å². The number of benzene rings is 1. The molecular weight excluding hydrogens is 475 g/mol. The van der Waals surface area contributed by atoms with Crippen LogP contribution in [0.5, 0.6) is 5.75 Å². The maximum absolute atomic E-state index is 13.2. The Balaban J connectivity index is 1.36. The lowest BCUT2D eigenvalue weighted by Crippen LogP contribution is -2.16. The van der Waals surface area contributed by atoms with Crippen molar-refractivity contribution in [2.45, 2.75) is 76.1 Å². The molecule has 0 bridgehead atoms. The van der Waals surface area contributed by atoms with Crippen molar-refractivity contribution in [3.05, 3.63) is 40.9 Å². The van der Waals surface area contributed by atoms with Crippen LogP contribution >= 0.6 is 23.1 Å². The summed E-state index contributed by atoms with van der Waals surface area (Å²) in [4.78, 5) is 12.6. The molecule has 11 heteroatoms. The van der Waals surface area contributed by atoms with E-state index < -0.39 is 6.10 Å². The smallest absolute Gasteiger partial charge is 0.236 e. The molecule has 0 radical (unpaired) electrons. The van der Waals surface area contributed by atoms with Gasteiger partial charge in [0.2, 0.25) is 11.0 Å². The first-order valence-electron chi connectivity index (χ1n) is 11.5. The molecule has 1 fully saturated rings. The molecule has 0 saturated heterocycles. The third-order valence-electron chi connectivity index (χ3n) is 5.67. The number of hydrogen-bond donors (Lipinski definition) is 1. The van der Waals surface area contributed by atoms with Crippen molar-refractivity contribution in [2.75, 3.05) is 11.1 Å². The van der Waals surface area contributed by atoms with Gasteiger partial charge in [-0.05, 0) is 57.9 Å². The van der Waals surface area contributed by atoms with E-state index in [0.717, 1.165) is 17.8 Å². The molecule has 1 aliphatic rings. The van der Waals surface area contributed by atoms with E-state index in [9.17, 15) is 9.18 Å². The number of nitrogens with zero attached hydrogens (tertiary/aromatic N) is 5. The second-order valence-corrected chi connectivity index (χ2v) is 10.6. The number of thioether (sulfide) groups is 1. The first kappa shape index (κ1) is 24.6. The lowest BCUT2D eigenvalue weighted by Gasteiger charge is -2.18. The van der Waals surface area contributed by atoms with E-state index in [2.05, 4.69) is 25.7 Å². The number of ether oxygens (including phenoxy) is 1. The number of halogens is 1. The summed E-state index contributed by atoms with van der Waals surface area (Å²) in [5.41, 5.74) is 0. The average molecular weight is 505 g/mol. The van der Waals surface area contributed by atoms with Crippen LogP contribution in [0.4, 0.5) is 9.52 Å². The van der Waals surface area contributed by atoms with E-state index in [4.69, 9.17) is 4.74 Å². The molecule has 0 aliphatic heterocycles. The Morgan fingerprint density at radius 2 is 1.88 bits per heavy atom. The number of aromatic nitrogens is 5. The number of amides is 1. The van der Waals surface area contributed by atoms with Gasteiger partial charge < -0.3 is 9.30 Å². The normalized spacial score (nSPS) is 15.4. The molecular formula is C23H29FN6O2S2. The SMILES string of the molecule is CC(Oc1ccc(F)cc1)c1nnc(SCC(=O)Nc2nnc(C3CCCCC3)s2)n1C(C)C. The summed E-state index contributed by atoms with van der Waals surface area (Å²) in [6.07, 6.45) is 5.64. The minimum absolute atomic E-state index is 0.0658. The molecule has 8 nitrogen and oxygen atoms in total. The predicted octanol–water partition coefficient (Wildman–Crippen LogP) is 5.77. The third-order valence-corrected chi connectivity index (χ3v) is 7.62. The zero-order chi connectivity index (χ0) is 24.1. The van der Waals surface area contributed by atoms with Crippen LogP contribution < -0.4 is 10.1 Å². The van der Waals surface area contributed by atoms with Crippen molar-refractivity contribution in [1.82, 2.24) is 25.0 Å². The number of carbonyl (C=O) groups excluding carboxylic acids is 1. The van der Waals surface area contributed by atoms with Crippen molar-refractivity contribution in [3.8, 4) is 5.75 Å². The average Bonchev–Trinajstić information content (AvgIpc) is 3.47. The van der Waals surface area contributed by atoms with Crippen molar-refractivity contribution < 1.29 is 13.9 Å². The number of carbonyl (C=O) groups is 1. The quantitative estimate of drug-likeness (QED) is 0.370. The molecule has 1 atom stereocenters. The molecule has 3 aromatic rings. The Bertz CT molecular complexity index is 1100. The molecule has 1 aliphatic carbocycles. The molecule has 1 saturated carbocycles. The minimum atomic E-state index is -0.400. The Hall–Kier alpha value is -2.53. The van der Waals surface area contributed by atoms with Crippen LogP contribution in [0.1, 0.15) is 81.8 Å². The third kappa shape index (κ3) is 6.12. The molecule has 4 rings (SSSR count). The zero-order valence-corrected chi connectivity index (χ0v) is 21.2. The van der Waals surface area contributed by atoms with Gasteiger partial charge in [-0.2, -0.15) is 0 Å². The Labute approximate surface area is 206 Å². The second-order valence-electron chi connectivity index (χ2n) is 8.64. The van der Waals surface area contributed by atoms with Gasteiger partial charge in [0, 0.05) is 12.0 Å². The van der Waals surface area contributed by atoms with E-state index in [1.807, 2.05) is 25.3 Å². The lowest BCUT2D eigenvalue weighted by molar-refractivity contribution is -0.113.